The first kappa shape index (κ1) is 16.4. The lowest BCUT2D eigenvalue weighted by molar-refractivity contribution is -0.127. The van der Waals surface area contributed by atoms with Crippen molar-refractivity contribution < 1.29 is 4.79 Å². The topological polar surface area (TPSA) is 58.1 Å². The number of nitrogens with one attached hydrogen (secondary N) is 1. The Labute approximate surface area is 143 Å². The molecule has 126 valence electrons. The third-order valence-corrected chi connectivity index (χ3v) is 4.67. The first-order valence-electron chi connectivity index (χ1n) is 8.45. The molecule has 0 unspecified atom stereocenters. The quantitative estimate of drug-likeness (QED) is 0.939. The summed E-state index contributed by atoms with van der Waals surface area (Å²) in [7, 11) is 0. The first-order chi connectivity index (χ1) is 11.6. The monoisotopic (exact) mass is 324 g/mol. The molecule has 2 aromatic rings. The SMILES string of the molecule is CC(C)(NC(=O)C1CCN(c2cnccn2)CC1)c1ccccc1. The second-order valence-corrected chi connectivity index (χ2v) is 6.81. The average molecular weight is 324 g/mol. The number of rotatable bonds is 4. The number of aromatic nitrogens is 2. The average Bonchev–Trinajstić information content (AvgIpc) is 2.63. The zero-order valence-electron chi connectivity index (χ0n) is 14.3. The highest BCUT2D eigenvalue weighted by molar-refractivity contribution is 5.80. The van der Waals surface area contributed by atoms with E-state index in [9.17, 15) is 4.79 Å². The number of hydrogen-bond acceptors (Lipinski definition) is 4. The lowest BCUT2D eigenvalue weighted by atomic mass is 9.91. The Hall–Kier alpha value is -2.43. The molecule has 0 aliphatic carbocycles. The molecule has 1 aliphatic heterocycles. The van der Waals surface area contributed by atoms with Crippen LogP contribution in [0.1, 0.15) is 32.3 Å². The first-order valence-corrected chi connectivity index (χ1v) is 8.45. The van der Waals surface area contributed by atoms with Gasteiger partial charge >= 0.3 is 0 Å². The molecule has 1 aromatic carbocycles. The van der Waals surface area contributed by atoms with Gasteiger partial charge < -0.3 is 10.2 Å². The molecule has 5 nitrogen and oxygen atoms in total. The Morgan fingerprint density at radius 2 is 1.88 bits per heavy atom. The van der Waals surface area contributed by atoms with E-state index in [-0.39, 0.29) is 17.4 Å². The van der Waals surface area contributed by atoms with Crippen molar-refractivity contribution in [2.45, 2.75) is 32.2 Å². The highest BCUT2D eigenvalue weighted by atomic mass is 16.2. The van der Waals surface area contributed by atoms with Gasteiger partial charge in [-0.1, -0.05) is 30.3 Å². The Morgan fingerprint density at radius 3 is 2.50 bits per heavy atom. The summed E-state index contributed by atoms with van der Waals surface area (Å²) in [6.07, 6.45) is 6.84. The minimum atomic E-state index is -0.361. The smallest absolute Gasteiger partial charge is 0.223 e. The summed E-state index contributed by atoms with van der Waals surface area (Å²) in [6, 6.07) is 10.1. The van der Waals surface area contributed by atoms with Gasteiger partial charge in [-0.3, -0.25) is 9.78 Å². The van der Waals surface area contributed by atoms with Gasteiger partial charge in [-0.05, 0) is 32.3 Å². The molecule has 0 bridgehead atoms. The van der Waals surface area contributed by atoms with Gasteiger partial charge in [0, 0.05) is 31.4 Å². The van der Waals surface area contributed by atoms with Crippen LogP contribution in [0.4, 0.5) is 5.82 Å². The van der Waals surface area contributed by atoms with Crippen molar-refractivity contribution in [3.8, 4) is 0 Å². The van der Waals surface area contributed by atoms with Crippen LogP contribution in [0.5, 0.6) is 0 Å². The second-order valence-electron chi connectivity index (χ2n) is 6.81. The largest absolute Gasteiger partial charge is 0.355 e. The lowest BCUT2D eigenvalue weighted by Crippen LogP contribution is -2.47. The lowest BCUT2D eigenvalue weighted by Gasteiger charge is -2.34. The summed E-state index contributed by atoms with van der Waals surface area (Å²) in [5.74, 6) is 1.09. The Morgan fingerprint density at radius 1 is 1.17 bits per heavy atom. The molecule has 1 aliphatic rings. The van der Waals surface area contributed by atoms with Crippen LogP contribution in [0.3, 0.4) is 0 Å². The Bertz CT molecular complexity index is 664. The molecule has 0 radical (unpaired) electrons. The molecule has 24 heavy (non-hydrogen) atoms. The van der Waals surface area contributed by atoms with Crippen molar-refractivity contribution in [2.24, 2.45) is 5.92 Å². The molecule has 1 N–H and O–H groups in total. The summed E-state index contributed by atoms with van der Waals surface area (Å²) < 4.78 is 0. The maximum Gasteiger partial charge on any atom is 0.223 e. The van der Waals surface area contributed by atoms with Gasteiger partial charge in [0.25, 0.3) is 0 Å². The van der Waals surface area contributed by atoms with E-state index in [0.29, 0.717) is 0 Å². The van der Waals surface area contributed by atoms with E-state index in [1.54, 1.807) is 18.6 Å². The van der Waals surface area contributed by atoms with E-state index in [1.807, 2.05) is 18.2 Å². The number of hydrogen-bond donors (Lipinski definition) is 1. The van der Waals surface area contributed by atoms with Gasteiger partial charge in [0.05, 0.1) is 11.7 Å². The van der Waals surface area contributed by atoms with Crippen LogP contribution in [0.2, 0.25) is 0 Å². The van der Waals surface area contributed by atoms with Crippen LogP contribution in [-0.2, 0) is 10.3 Å². The van der Waals surface area contributed by atoms with Crippen LogP contribution < -0.4 is 10.2 Å². The van der Waals surface area contributed by atoms with Crippen molar-refractivity contribution in [3.05, 3.63) is 54.5 Å². The number of nitrogens with zero attached hydrogens (tertiary/aromatic N) is 3. The Kier molecular flexibility index (Phi) is 4.79. The van der Waals surface area contributed by atoms with Crippen LogP contribution in [0.15, 0.2) is 48.9 Å². The van der Waals surface area contributed by atoms with Gasteiger partial charge in [0.1, 0.15) is 5.82 Å². The van der Waals surface area contributed by atoms with Gasteiger partial charge in [-0.15, -0.1) is 0 Å². The molecule has 0 spiro atoms. The van der Waals surface area contributed by atoms with E-state index in [2.05, 4.69) is 46.2 Å². The highest BCUT2D eigenvalue weighted by Gasteiger charge is 2.30. The summed E-state index contributed by atoms with van der Waals surface area (Å²) in [4.78, 5) is 23.3. The molecule has 5 heteroatoms. The van der Waals surface area contributed by atoms with E-state index in [1.165, 1.54) is 0 Å². The standard InChI is InChI=1S/C19H24N4O/c1-19(2,16-6-4-3-5-7-16)22-18(24)15-8-12-23(13-9-15)17-14-20-10-11-21-17/h3-7,10-11,14-15H,8-9,12-13H2,1-2H3,(H,22,24). The summed E-state index contributed by atoms with van der Waals surface area (Å²) >= 11 is 0. The van der Waals surface area contributed by atoms with Crippen LogP contribution in [-0.4, -0.2) is 29.0 Å². The van der Waals surface area contributed by atoms with Gasteiger partial charge in [0.2, 0.25) is 5.91 Å². The van der Waals surface area contributed by atoms with Crippen molar-refractivity contribution in [1.82, 2.24) is 15.3 Å². The van der Waals surface area contributed by atoms with Crippen LogP contribution in [0.25, 0.3) is 0 Å². The fraction of sp³-hybridized carbons (Fsp3) is 0.421. The predicted molar refractivity (Wildman–Crippen MR) is 94.6 cm³/mol. The normalized spacial score (nSPS) is 16.0. The molecule has 1 amide bonds. The number of carbonyl (C=O) groups excluding carboxylic acids is 1. The predicted octanol–water partition coefficient (Wildman–Crippen LogP) is 2.74. The van der Waals surface area contributed by atoms with Gasteiger partial charge in [0.15, 0.2) is 0 Å². The van der Waals surface area contributed by atoms with Gasteiger partial charge in [-0.25, -0.2) is 4.98 Å². The number of anilines is 1. The van der Waals surface area contributed by atoms with E-state index in [0.717, 1.165) is 37.3 Å². The third kappa shape index (κ3) is 3.72. The minimum Gasteiger partial charge on any atom is -0.355 e. The second kappa shape index (κ2) is 6.99. The Balaban J connectivity index is 1.57. The fourth-order valence-corrected chi connectivity index (χ4v) is 3.16. The minimum absolute atomic E-state index is 0.0564. The summed E-state index contributed by atoms with van der Waals surface area (Å²) in [5.41, 5.74) is 0.760. The zero-order valence-corrected chi connectivity index (χ0v) is 14.3. The van der Waals surface area contributed by atoms with Crippen molar-refractivity contribution in [2.75, 3.05) is 18.0 Å². The molecule has 3 rings (SSSR count). The molecule has 1 saturated heterocycles. The van der Waals surface area contributed by atoms with Crippen molar-refractivity contribution in [3.63, 3.8) is 0 Å². The molecular formula is C19H24N4O. The van der Waals surface area contributed by atoms with E-state index in [4.69, 9.17) is 0 Å². The molecule has 0 saturated carbocycles. The van der Waals surface area contributed by atoms with Crippen LogP contribution >= 0.6 is 0 Å². The number of carbonyl (C=O) groups is 1. The number of benzene rings is 1. The van der Waals surface area contributed by atoms with Gasteiger partial charge in [-0.2, -0.15) is 0 Å². The van der Waals surface area contributed by atoms with Crippen molar-refractivity contribution in [1.29, 1.82) is 0 Å². The maximum atomic E-state index is 12.7. The van der Waals surface area contributed by atoms with E-state index < -0.39 is 0 Å². The molecule has 1 fully saturated rings. The van der Waals surface area contributed by atoms with Crippen LogP contribution in [0, 0.1) is 5.92 Å². The van der Waals surface area contributed by atoms with Crippen molar-refractivity contribution >= 4 is 11.7 Å². The third-order valence-electron chi connectivity index (χ3n) is 4.67. The molecular weight excluding hydrogens is 300 g/mol. The summed E-state index contributed by atoms with van der Waals surface area (Å²) in [6.45, 7) is 5.77. The highest BCUT2D eigenvalue weighted by Crippen LogP contribution is 2.24. The number of amides is 1. The molecule has 2 heterocycles. The van der Waals surface area contributed by atoms with E-state index >= 15 is 0 Å². The number of piperidine rings is 1. The molecule has 0 atom stereocenters. The molecule has 1 aromatic heterocycles. The zero-order chi connectivity index (χ0) is 17.0. The summed E-state index contributed by atoms with van der Waals surface area (Å²) in [5, 5.41) is 3.21. The maximum absolute atomic E-state index is 12.7. The fourth-order valence-electron chi connectivity index (χ4n) is 3.16.